The van der Waals surface area contributed by atoms with Crippen LogP contribution < -0.4 is 5.32 Å². The minimum atomic E-state index is 0.649. The smallest absolute Gasteiger partial charge is 0.00979 e. The molecule has 2 atom stereocenters. The molecule has 1 N–H and O–H groups in total. The van der Waals surface area contributed by atoms with Gasteiger partial charge in [-0.15, -0.1) is 0 Å². The minimum Gasteiger partial charge on any atom is -0.314 e. The Balaban J connectivity index is 2.38. The lowest BCUT2D eigenvalue weighted by atomic mass is 10.1. The molecule has 0 amide bonds. The zero-order chi connectivity index (χ0) is 12.0. The summed E-state index contributed by atoms with van der Waals surface area (Å²) in [6.45, 7) is 11.5. The van der Waals surface area contributed by atoms with Gasteiger partial charge in [0.1, 0.15) is 0 Å². The normalized spacial score (nSPS) is 21.6. The van der Waals surface area contributed by atoms with Gasteiger partial charge in [0, 0.05) is 18.1 Å². The fourth-order valence-corrected chi connectivity index (χ4v) is 3.24. The molecule has 1 fully saturated rings. The molecule has 0 radical (unpaired) electrons. The third kappa shape index (κ3) is 4.06. The molecule has 0 aromatic rings. The van der Waals surface area contributed by atoms with Gasteiger partial charge in [0.2, 0.25) is 0 Å². The topological polar surface area (TPSA) is 15.3 Å². The molecule has 0 saturated heterocycles. The predicted molar refractivity (Wildman–Crippen MR) is 71.9 cm³/mol. The third-order valence-corrected chi connectivity index (χ3v) is 3.97. The molecule has 2 nitrogen and oxygen atoms in total. The molecule has 1 rings (SSSR count). The van der Waals surface area contributed by atoms with Crippen LogP contribution in [0.1, 0.15) is 59.8 Å². The van der Waals surface area contributed by atoms with Crippen LogP contribution in [0.5, 0.6) is 0 Å². The Kier molecular flexibility index (Phi) is 6.37. The standard InChI is InChI=1S/C14H30N2/c1-5-15-12(3)11-13(4)16(6-2)14-9-7-8-10-14/h12-15H,5-11H2,1-4H3. The van der Waals surface area contributed by atoms with Crippen LogP contribution in [0, 0.1) is 0 Å². The Morgan fingerprint density at radius 2 is 1.81 bits per heavy atom. The first-order valence-electron chi connectivity index (χ1n) is 7.18. The first kappa shape index (κ1) is 14.0. The summed E-state index contributed by atoms with van der Waals surface area (Å²) >= 11 is 0. The molecule has 2 heteroatoms. The first-order chi connectivity index (χ1) is 7.69. The fraction of sp³-hybridized carbons (Fsp3) is 1.00. The highest BCUT2D eigenvalue weighted by atomic mass is 15.2. The maximum absolute atomic E-state index is 3.52. The molecule has 0 aromatic heterocycles. The van der Waals surface area contributed by atoms with Gasteiger partial charge in [0.15, 0.2) is 0 Å². The highest BCUT2D eigenvalue weighted by Crippen LogP contribution is 2.25. The highest BCUT2D eigenvalue weighted by molar-refractivity contribution is 4.82. The lowest BCUT2D eigenvalue weighted by Crippen LogP contribution is -2.43. The lowest BCUT2D eigenvalue weighted by molar-refractivity contribution is 0.139. The van der Waals surface area contributed by atoms with E-state index < -0.39 is 0 Å². The summed E-state index contributed by atoms with van der Waals surface area (Å²) in [6.07, 6.45) is 7.01. The van der Waals surface area contributed by atoms with E-state index in [0.717, 1.165) is 18.6 Å². The SMILES string of the molecule is CCNC(C)CC(C)N(CC)C1CCCC1. The summed E-state index contributed by atoms with van der Waals surface area (Å²) in [5, 5.41) is 3.52. The average Bonchev–Trinajstić information content (AvgIpc) is 2.72. The van der Waals surface area contributed by atoms with Gasteiger partial charge >= 0.3 is 0 Å². The van der Waals surface area contributed by atoms with E-state index in [-0.39, 0.29) is 0 Å². The number of rotatable bonds is 7. The molecular formula is C14H30N2. The van der Waals surface area contributed by atoms with Crippen LogP contribution in [0.3, 0.4) is 0 Å². The molecule has 0 aromatic carbocycles. The van der Waals surface area contributed by atoms with Gasteiger partial charge in [-0.2, -0.15) is 0 Å². The molecule has 96 valence electrons. The van der Waals surface area contributed by atoms with Crippen LogP contribution in [0.2, 0.25) is 0 Å². The summed E-state index contributed by atoms with van der Waals surface area (Å²) in [6, 6.07) is 2.24. The van der Waals surface area contributed by atoms with Crippen molar-refractivity contribution in [3.8, 4) is 0 Å². The van der Waals surface area contributed by atoms with Crippen molar-refractivity contribution in [1.82, 2.24) is 10.2 Å². The van der Waals surface area contributed by atoms with Crippen molar-refractivity contribution < 1.29 is 0 Å². The van der Waals surface area contributed by atoms with E-state index in [1.807, 2.05) is 0 Å². The quantitative estimate of drug-likeness (QED) is 0.718. The summed E-state index contributed by atoms with van der Waals surface area (Å²) in [5.41, 5.74) is 0. The molecule has 0 aliphatic heterocycles. The molecule has 16 heavy (non-hydrogen) atoms. The van der Waals surface area contributed by atoms with Gasteiger partial charge in [-0.3, -0.25) is 4.90 Å². The van der Waals surface area contributed by atoms with E-state index >= 15 is 0 Å². The van der Waals surface area contributed by atoms with Gasteiger partial charge in [-0.05, 0) is 46.2 Å². The van der Waals surface area contributed by atoms with Crippen molar-refractivity contribution in [3.63, 3.8) is 0 Å². The Hall–Kier alpha value is -0.0800. The Morgan fingerprint density at radius 1 is 1.19 bits per heavy atom. The number of nitrogens with one attached hydrogen (secondary N) is 1. The zero-order valence-corrected chi connectivity index (χ0v) is 11.6. The van der Waals surface area contributed by atoms with E-state index in [9.17, 15) is 0 Å². The molecule has 0 spiro atoms. The maximum atomic E-state index is 3.52. The van der Waals surface area contributed by atoms with Gasteiger partial charge < -0.3 is 5.32 Å². The molecule has 2 unspecified atom stereocenters. The van der Waals surface area contributed by atoms with Crippen molar-refractivity contribution in [2.75, 3.05) is 13.1 Å². The maximum Gasteiger partial charge on any atom is 0.00979 e. The van der Waals surface area contributed by atoms with Crippen molar-refractivity contribution in [2.45, 2.75) is 77.9 Å². The minimum absolute atomic E-state index is 0.649. The van der Waals surface area contributed by atoms with E-state index in [4.69, 9.17) is 0 Å². The second kappa shape index (κ2) is 7.29. The summed E-state index contributed by atoms with van der Waals surface area (Å²) < 4.78 is 0. The molecule has 0 heterocycles. The third-order valence-electron chi connectivity index (χ3n) is 3.97. The van der Waals surface area contributed by atoms with Crippen LogP contribution in [0.15, 0.2) is 0 Å². The van der Waals surface area contributed by atoms with Crippen LogP contribution in [-0.4, -0.2) is 36.1 Å². The Bertz CT molecular complexity index is 176. The summed E-state index contributed by atoms with van der Waals surface area (Å²) in [4.78, 5) is 2.72. The summed E-state index contributed by atoms with van der Waals surface area (Å²) in [7, 11) is 0. The average molecular weight is 226 g/mol. The fourth-order valence-electron chi connectivity index (χ4n) is 3.24. The molecule has 1 saturated carbocycles. The van der Waals surface area contributed by atoms with Crippen LogP contribution in [-0.2, 0) is 0 Å². The van der Waals surface area contributed by atoms with Crippen molar-refractivity contribution in [1.29, 1.82) is 0 Å². The van der Waals surface area contributed by atoms with Crippen molar-refractivity contribution in [3.05, 3.63) is 0 Å². The molecule has 1 aliphatic carbocycles. The number of nitrogens with zero attached hydrogens (tertiary/aromatic N) is 1. The lowest BCUT2D eigenvalue weighted by Gasteiger charge is -2.35. The second-order valence-corrected chi connectivity index (χ2v) is 5.31. The van der Waals surface area contributed by atoms with E-state index in [1.54, 1.807) is 0 Å². The van der Waals surface area contributed by atoms with E-state index in [0.29, 0.717) is 6.04 Å². The Morgan fingerprint density at radius 3 is 2.31 bits per heavy atom. The highest BCUT2D eigenvalue weighted by Gasteiger charge is 2.25. The van der Waals surface area contributed by atoms with E-state index in [2.05, 4.69) is 37.9 Å². The van der Waals surface area contributed by atoms with Crippen LogP contribution in [0.4, 0.5) is 0 Å². The Labute approximate surface area is 102 Å². The second-order valence-electron chi connectivity index (χ2n) is 5.31. The van der Waals surface area contributed by atoms with Crippen LogP contribution >= 0.6 is 0 Å². The molecule has 1 aliphatic rings. The monoisotopic (exact) mass is 226 g/mol. The molecule has 0 bridgehead atoms. The van der Waals surface area contributed by atoms with E-state index in [1.165, 1.54) is 38.6 Å². The zero-order valence-electron chi connectivity index (χ0n) is 11.6. The van der Waals surface area contributed by atoms with Gasteiger partial charge in [0.05, 0.1) is 0 Å². The largest absolute Gasteiger partial charge is 0.314 e. The van der Waals surface area contributed by atoms with Gasteiger partial charge in [0.25, 0.3) is 0 Å². The predicted octanol–water partition coefficient (Wildman–Crippen LogP) is 3.03. The summed E-state index contributed by atoms with van der Waals surface area (Å²) in [5.74, 6) is 0. The molecular weight excluding hydrogens is 196 g/mol. The van der Waals surface area contributed by atoms with Crippen molar-refractivity contribution >= 4 is 0 Å². The number of hydrogen-bond acceptors (Lipinski definition) is 2. The van der Waals surface area contributed by atoms with Gasteiger partial charge in [-0.25, -0.2) is 0 Å². The van der Waals surface area contributed by atoms with Crippen LogP contribution in [0.25, 0.3) is 0 Å². The van der Waals surface area contributed by atoms with Crippen molar-refractivity contribution in [2.24, 2.45) is 0 Å². The van der Waals surface area contributed by atoms with Gasteiger partial charge in [-0.1, -0.05) is 26.7 Å². The first-order valence-corrected chi connectivity index (χ1v) is 7.18. The number of hydrogen-bond donors (Lipinski definition) is 1.